The van der Waals surface area contributed by atoms with Crippen LogP contribution in [0.2, 0.25) is 0 Å². The topological polar surface area (TPSA) is 103 Å². The summed E-state index contributed by atoms with van der Waals surface area (Å²) in [5, 5.41) is 5.38. The molecule has 0 bridgehead atoms. The molecule has 1 aromatic rings. The van der Waals surface area contributed by atoms with Crippen molar-refractivity contribution in [1.82, 2.24) is 10.6 Å². The third-order valence-corrected chi connectivity index (χ3v) is 4.93. The maximum Gasteiger partial charge on any atom is 0.408 e. The lowest BCUT2D eigenvalue weighted by Crippen LogP contribution is -2.42. The highest BCUT2D eigenvalue weighted by Gasteiger charge is 2.26. The SMILES string of the molecule is C[C@H](NC(=O)OCc1ccccc1)C(=O)OCC1CCC(NC(=O)OC(C)(C)C)CC1. The van der Waals surface area contributed by atoms with Gasteiger partial charge in [0.2, 0.25) is 0 Å². The van der Waals surface area contributed by atoms with Crippen LogP contribution in [0.5, 0.6) is 0 Å². The van der Waals surface area contributed by atoms with Gasteiger partial charge >= 0.3 is 18.2 Å². The molecule has 1 aliphatic rings. The van der Waals surface area contributed by atoms with Crippen molar-refractivity contribution in [3.8, 4) is 0 Å². The third kappa shape index (κ3) is 9.72. The van der Waals surface area contributed by atoms with Crippen molar-refractivity contribution in [3.05, 3.63) is 35.9 Å². The number of hydrogen-bond donors (Lipinski definition) is 2. The minimum atomic E-state index is -0.798. The number of ether oxygens (including phenoxy) is 3. The summed E-state index contributed by atoms with van der Waals surface area (Å²) in [6, 6.07) is 8.57. The molecule has 0 aromatic heterocycles. The molecule has 1 aliphatic carbocycles. The zero-order valence-corrected chi connectivity index (χ0v) is 18.8. The molecule has 2 N–H and O–H groups in total. The van der Waals surface area contributed by atoms with Crippen LogP contribution in [0, 0.1) is 5.92 Å². The minimum Gasteiger partial charge on any atom is -0.464 e. The fourth-order valence-electron chi connectivity index (χ4n) is 3.27. The Bertz CT molecular complexity index is 723. The summed E-state index contributed by atoms with van der Waals surface area (Å²) in [5.41, 5.74) is 0.346. The lowest BCUT2D eigenvalue weighted by atomic mass is 9.86. The van der Waals surface area contributed by atoms with Crippen molar-refractivity contribution in [3.63, 3.8) is 0 Å². The van der Waals surface area contributed by atoms with Crippen molar-refractivity contribution in [2.24, 2.45) is 5.92 Å². The van der Waals surface area contributed by atoms with E-state index in [0.717, 1.165) is 31.2 Å². The lowest BCUT2D eigenvalue weighted by molar-refractivity contribution is -0.147. The van der Waals surface area contributed by atoms with E-state index in [-0.39, 0.29) is 18.6 Å². The zero-order valence-electron chi connectivity index (χ0n) is 18.8. The first-order valence-electron chi connectivity index (χ1n) is 10.8. The Labute approximate surface area is 184 Å². The van der Waals surface area contributed by atoms with E-state index in [1.807, 2.05) is 51.1 Å². The molecule has 1 atom stereocenters. The number of alkyl carbamates (subject to hydrolysis) is 2. The van der Waals surface area contributed by atoms with E-state index < -0.39 is 29.8 Å². The maximum absolute atomic E-state index is 12.2. The number of carbonyl (C=O) groups excluding carboxylic acids is 3. The predicted octanol–water partition coefficient (Wildman–Crippen LogP) is 3.93. The van der Waals surface area contributed by atoms with Gasteiger partial charge in [-0.15, -0.1) is 0 Å². The fourth-order valence-corrected chi connectivity index (χ4v) is 3.27. The summed E-state index contributed by atoms with van der Waals surface area (Å²) in [7, 11) is 0. The number of nitrogens with one attached hydrogen (secondary N) is 2. The first kappa shape index (κ1) is 24.5. The van der Waals surface area contributed by atoms with Crippen molar-refractivity contribution in [2.75, 3.05) is 6.61 Å². The number of benzene rings is 1. The molecule has 8 nitrogen and oxygen atoms in total. The summed E-state index contributed by atoms with van der Waals surface area (Å²) in [4.78, 5) is 35.9. The molecular weight excluding hydrogens is 400 g/mol. The highest BCUT2D eigenvalue weighted by atomic mass is 16.6. The molecule has 172 valence electrons. The summed E-state index contributed by atoms with van der Waals surface area (Å²) < 4.78 is 15.8. The molecule has 2 amide bonds. The van der Waals surface area contributed by atoms with E-state index in [4.69, 9.17) is 14.2 Å². The molecule has 31 heavy (non-hydrogen) atoms. The van der Waals surface area contributed by atoms with Gasteiger partial charge in [-0.25, -0.2) is 14.4 Å². The monoisotopic (exact) mass is 434 g/mol. The van der Waals surface area contributed by atoms with E-state index in [9.17, 15) is 14.4 Å². The quantitative estimate of drug-likeness (QED) is 0.498. The summed E-state index contributed by atoms with van der Waals surface area (Å²) in [6.45, 7) is 7.48. The van der Waals surface area contributed by atoms with E-state index >= 15 is 0 Å². The van der Waals surface area contributed by atoms with Gasteiger partial charge in [0.25, 0.3) is 0 Å². The van der Waals surface area contributed by atoms with Gasteiger partial charge in [0.1, 0.15) is 18.2 Å². The number of esters is 1. The average molecular weight is 435 g/mol. The summed E-state index contributed by atoms with van der Waals surface area (Å²) in [6.07, 6.45) is 2.23. The smallest absolute Gasteiger partial charge is 0.408 e. The molecule has 0 unspecified atom stereocenters. The van der Waals surface area contributed by atoms with Crippen LogP contribution in [-0.2, 0) is 25.6 Å². The molecule has 2 rings (SSSR count). The van der Waals surface area contributed by atoms with Crippen LogP contribution in [0.3, 0.4) is 0 Å². The van der Waals surface area contributed by atoms with Gasteiger partial charge in [-0.1, -0.05) is 30.3 Å². The van der Waals surface area contributed by atoms with Crippen LogP contribution in [-0.4, -0.2) is 42.4 Å². The Balaban J connectivity index is 1.61. The van der Waals surface area contributed by atoms with Crippen LogP contribution >= 0.6 is 0 Å². The third-order valence-electron chi connectivity index (χ3n) is 4.93. The lowest BCUT2D eigenvalue weighted by Gasteiger charge is -2.30. The first-order valence-corrected chi connectivity index (χ1v) is 10.8. The highest BCUT2D eigenvalue weighted by Crippen LogP contribution is 2.25. The molecule has 8 heteroatoms. The number of rotatable bonds is 7. The molecule has 1 aromatic carbocycles. The van der Waals surface area contributed by atoms with E-state index in [1.54, 1.807) is 6.92 Å². The standard InChI is InChI=1S/C23H34N2O6/c1-16(24-21(27)30-15-17-8-6-5-7-9-17)20(26)29-14-18-10-12-19(13-11-18)25-22(28)31-23(2,3)4/h5-9,16,18-19H,10-15H2,1-4H3,(H,24,27)(H,25,28)/t16-,18?,19?/m0/s1. The second kappa shape index (κ2) is 11.6. The van der Waals surface area contributed by atoms with Crippen LogP contribution in [0.4, 0.5) is 9.59 Å². The Morgan fingerprint density at radius 3 is 2.26 bits per heavy atom. The number of carbonyl (C=O) groups is 3. The fraction of sp³-hybridized carbons (Fsp3) is 0.609. The largest absolute Gasteiger partial charge is 0.464 e. The van der Waals surface area contributed by atoms with Crippen molar-refractivity contribution < 1.29 is 28.6 Å². The summed E-state index contributed by atoms with van der Waals surface area (Å²) in [5.74, 6) is -0.261. The molecule has 0 spiro atoms. The van der Waals surface area contributed by atoms with Crippen LogP contribution in [0.25, 0.3) is 0 Å². The van der Waals surface area contributed by atoms with E-state index in [1.165, 1.54) is 0 Å². The maximum atomic E-state index is 12.2. The molecule has 0 saturated heterocycles. The molecule has 0 heterocycles. The van der Waals surface area contributed by atoms with E-state index in [0.29, 0.717) is 6.61 Å². The molecular formula is C23H34N2O6. The average Bonchev–Trinajstić information content (AvgIpc) is 2.70. The number of amides is 2. The van der Waals surface area contributed by atoms with Gasteiger partial charge in [-0.2, -0.15) is 0 Å². The highest BCUT2D eigenvalue weighted by molar-refractivity contribution is 5.80. The van der Waals surface area contributed by atoms with Gasteiger partial charge in [0.05, 0.1) is 6.61 Å². The molecule has 0 radical (unpaired) electrons. The van der Waals surface area contributed by atoms with Crippen LogP contribution < -0.4 is 10.6 Å². The minimum absolute atomic E-state index is 0.0711. The second-order valence-corrected chi connectivity index (χ2v) is 8.92. The molecule has 0 aliphatic heterocycles. The summed E-state index contributed by atoms with van der Waals surface area (Å²) >= 11 is 0. The van der Waals surface area contributed by atoms with Gasteiger partial charge in [-0.3, -0.25) is 0 Å². The first-order chi connectivity index (χ1) is 14.6. The van der Waals surface area contributed by atoms with E-state index in [2.05, 4.69) is 10.6 Å². The van der Waals surface area contributed by atoms with Crippen molar-refractivity contribution >= 4 is 18.2 Å². The second-order valence-electron chi connectivity index (χ2n) is 8.92. The Kier molecular flexibility index (Phi) is 9.15. The molecule has 1 fully saturated rings. The Hall–Kier alpha value is -2.77. The van der Waals surface area contributed by atoms with Gasteiger partial charge < -0.3 is 24.8 Å². The van der Waals surface area contributed by atoms with Crippen LogP contribution in [0.15, 0.2) is 30.3 Å². The number of hydrogen-bond acceptors (Lipinski definition) is 6. The normalized spacial score (nSPS) is 19.6. The van der Waals surface area contributed by atoms with Crippen LogP contribution in [0.1, 0.15) is 58.9 Å². The van der Waals surface area contributed by atoms with Crippen molar-refractivity contribution in [2.45, 2.75) is 77.7 Å². The Morgan fingerprint density at radius 2 is 1.65 bits per heavy atom. The van der Waals surface area contributed by atoms with Gasteiger partial charge in [-0.05, 0) is 64.9 Å². The van der Waals surface area contributed by atoms with Gasteiger partial charge in [0.15, 0.2) is 0 Å². The van der Waals surface area contributed by atoms with Gasteiger partial charge in [0, 0.05) is 6.04 Å². The predicted molar refractivity (Wildman–Crippen MR) is 115 cm³/mol. The van der Waals surface area contributed by atoms with Crippen molar-refractivity contribution in [1.29, 1.82) is 0 Å². The molecule has 1 saturated carbocycles. The zero-order chi connectivity index (χ0) is 22.9. The Morgan fingerprint density at radius 1 is 1.00 bits per heavy atom.